The van der Waals surface area contributed by atoms with Crippen molar-refractivity contribution in [1.82, 2.24) is 14.7 Å². The standard InChI is InChI=1S/C16H29N3O2/c1-12(2)19-14(4)15(13(3)17-19)11-18(5)8-7-16-20-9-6-10-21-16/h12,16H,6-11H2,1-5H3. The molecule has 0 bridgehead atoms. The molecule has 2 rings (SSSR count). The second-order valence-corrected chi connectivity index (χ2v) is 6.24. The molecule has 0 spiro atoms. The highest BCUT2D eigenvalue weighted by molar-refractivity contribution is 5.24. The Bertz CT molecular complexity index is 451. The van der Waals surface area contributed by atoms with E-state index >= 15 is 0 Å². The van der Waals surface area contributed by atoms with Gasteiger partial charge in [-0.05, 0) is 41.2 Å². The zero-order chi connectivity index (χ0) is 15.4. The zero-order valence-electron chi connectivity index (χ0n) is 14.1. The fraction of sp³-hybridized carbons (Fsp3) is 0.812. The normalized spacial score (nSPS) is 17.1. The van der Waals surface area contributed by atoms with E-state index in [2.05, 4.69) is 49.4 Å². The van der Waals surface area contributed by atoms with Crippen LogP contribution in [0, 0.1) is 13.8 Å². The van der Waals surface area contributed by atoms with Crippen LogP contribution in [0.1, 0.15) is 49.7 Å². The Morgan fingerprint density at radius 2 is 1.95 bits per heavy atom. The third-order valence-corrected chi connectivity index (χ3v) is 4.03. The van der Waals surface area contributed by atoms with Crippen LogP contribution < -0.4 is 0 Å². The minimum atomic E-state index is -0.0261. The minimum Gasteiger partial charge on any atom is -0.353 e. The van der Waals surface area contributed by atoms with Crippen LogP contribution in [0.15, 0.2) is 0 Å². The van der Waals surface area contributed by atoms with E-state index in [1.54, 1.807) is 0 Å². The molecule has 1 aromatic heterocycles. The van der Waals surface area contributed by atoms with Gasteiger partial charge in [-0.15, -0.1) is 0 Å². The number of aryl methyl sites for hydroxylation is 1. The lowest BCUT2D eigenvalue weighted by Crippen LogP contribution is -2.30. The molecule has 1 aromatic rings. The highest BCUT2D eigenvalue weighted by atomic mass is 16.7. The summed E-state index contributed by atoms with van der Waals surface area (Å²) in [6.45, 7) is 12.2. The fourth-order valence-electron chi connectivity index (χ4n) is 2.81. The second kappa shape index (κ2) is 7.38. The van der Waals surface area contributed by atoms with Gasteiger partial charge in [0.05, 0.1) is 18.9 Å². The van der Waals surface area contributed by atoms with Crippen molar-refractivity contribution in [2.24, 2.45) is 0 Å². The number of hydrogen-bond donors (Lipinski definition) is 0. The van der Waals surface area contributed by atoms with Gasteiger partial charge < -0.3 is 14.4 Å². The molecule has 1 aliphatic rings. The van der Waals surface area contributed by atoms with Crippen LogP contribution in [-0.2, 0) is 16.0 Å². The van der Waals surface area contributed by atoms with E-state index in [0.29, 0.717) is 6.04 Å². The number of nitrogens with zero attached hydrogens (tertiary/aromatic N) is 3. The summed E-state index contributed by atoms with van der Waals surface area (Å²) in [5, 5.41) is 4.65. The van der Waals surface area contributed by atoms with E-state index in [1.807, 2.05) is 0 Å². The van der Waals surface area contributed by atoms with Crippen molar-refractivity contribution in [2.45, 2.75) is 59.4 Å². The maximum absolute atomic E-state index is 5.60. The Labute approximate surface area is 128 Å². The van der Waals surface area contributed by atoms with Gasteiger partial charge in [0, 0.05) is 36.8 Å². The minimum absolute atomic E-state index is 0.0261. The molecule has 0 radical (unpaired) electrons. The molecule has 2 heterocycles. The van der Waals surface area contributed by atoms with Crippen molar-refractivity contribution >= 4 is 0 Å². The van der Waals surface area contributed by atoms with Gasteiger partial charge in [-0.2, -0.15) is 5.10 Å². The maximum Gasteiger partial charge on any atom is 0.158 e. The van der Waals surface area contributed by atoms with Gasteiger partial charge >= 0.3 is 0 Å². The molecular weight excluding hydrogens is 266 g/mol. The largest absolute Gasteiger partial charge is 0.353 e. The fourth-order valence-corrected chi connectivity index (χ4v) is 2.81. The second-order valence-electron chi connectivity index (χ2n) is 6.24. The average molecular weight is 295 g/mol. The van der Waals surface area contributed by atoms with Crippen LogP contribution in [0.2, 0.25) is 0 Å². The van der Waals surface area contributed by atoms with E-state index < -0.39 is 0 Å². The van der Waals surface area contributed by atoms with Crippen molar-refractivity contribution in [3.8, 4) is 0 Å². The Kier molecular flexibility index (Phi) is 5.79. The first kappa shape index (κ1) is 16.5. The Balaban J connectivity index is 1.88. The summed E-state index contributed by atoms with van der Waals surface area (Å²) < 4.78 is 13.3. The van der Waals surface area contributed by atoms with Crippen LogP contribution in [0.25, 0.3) is 0 Å². The third kappa shape index (κ3) is 4.28. The molecule has 120 valence electrons. The van der Waals surface area contributed by atoms with E-state index in [1.165, 1.54) is 11.3 Å². The lowest BCUT2D eigenvalue weighted by atomic mass is 10.2. The molecule has 5 heteroatoms. The Morgan fingerprint density at radius 1 is 1.29 bits per heavy atom. The highest BCUT2D eigenvalue weighted by Crippen LogP contribution is 2.19. The van der Waals surface area contributed by atoms with Crippen molar-refractivity contribution in [3.63, 3.8) is 0 Å². The van der Waals surface area contributed by atoms with Crippen LogP contribution in [0.3, 0.4) is 0 Å². The van der Waals surface area contributed by atoms with Crippen molar-refractivity contribution in [3.05, 3.63) is 17.0 Å². The molecule has 21 heavy (non-hydrogen) atoms. The number of hydrogen-bond acceptors (Lipinski definition) is 4. The van der Waals surface area contributed by atoms with E-state index in [0.717, 1.165) is 44.8 Å². The lowest BCUT2D eigenvalue weighted by Gasteiger charge is -2.25. The summed E-state index contributed by atoms with van der Waals surface area (Å²) in [6.07, 6.45) is 1.91. The van der Waals surface area contributed by atoms with Crippen LogP contribution >= 0.6 is 0 Å². The number of ether oxygens (including phenoxy) is 2. The van der Waals surface area contributed by atoms with E-state index in [-0.39, 0.29) is 6.29 Å². The molecule has 0 atom stereocenters. The first-order valence-electron chi connectivity index (χ1n) is 7.95. The molecule has 0 aromatic carbocycles. The molecule has 0 saturated carbocycles. The van der Waals surface area contributed by atoms with Crippen LogP contribution in [0.4, 0.5) is 0 Å². The molecular formula is C16H29N3O2. The first-order valence-corrected chi connectivity index (χ1v) is 7.95. The van der Waals surface area contributed by atoms with Gasteiger partial charge in [-0.25, -0.2) is 0 Å². The Morgan fingerprint density at radius 3 is 2.52 bits per heavy atom. The van der Waals surface area contributed by atoms with Gasteiger partial charge in [-0.1, -0.05) is 0 Å². The van der Waals surface area contributed by atoms with Crippen molar-refractivity contribution < 1.29 is 9.47 Å². The molecule has 0 amide bonds. The smallest absolute Gasteiger partial charge is 0.158 e. The summed E-state index contributed by atoms with van der Waals surface area (Å²) in [4.78, 5) is 2.32. The molecule has 0 aliphatic carbocycles. The molecule has 1 aliphatic heterocycles. The van der Waals surface area contributed by atoms with Gasteiger partial charge in [0.15, 0.2) is 6.29 Å². The Hall–Kier alpha value is -0.910. The summed E-state index contributed by atoms with van der Waals surface area (Å²) in [7, 11) is 2.15. The van der Waals surface area contributed by atoms with E-state index in [4.69, 9.17) is 9.47 Å². The van der Waals surface area contributed by atoms with Gasteiger partial charge in [0.25, 0.3) is 0 Å². The molecule has 1 saturated heterocycles. The van der Waals surface area contributed by atoms with E-state index in [9.17, 15) is 0 Å². The van der Waals surface area contributed by atoms with Crippen molar-refractivity contribution in [1.29, 1.82) is 0 Å². The van der Waals surface area contributed by atoms with Gasteiger partial charge in [0.1, 0.15) is 0 Å². The van der Waals surface area contributed by atoms with Crippen molar-refractivity contribution in [2.75, 3.05) is 26.8 Å². The molecule has 0 unspecified atom stereocenters. The SMILES string of the molecule is Cc1nn(C(C)C)c(C)c1CN(C)CCC1OCCCO1. The van der Waals surface area contributed by atoms with Gasteiger partial charge in [0.2, 0.25) is 0 Å². The number of rotatable bonds is 6. The van der Waals surface area contributed by atoms with Crippen LogP contribution in [-0.4, -0.2) is 47.8 Å². The summed E-state index contributed by atoms with van der Waals surface area (Å²) in [5.41, 5.74) is 3.76. The van der Waals surface area contributed by atoms with Crippen LogP contribution in [0.5, 0.6) is 0 Å². The maximum atomic E-state index is 5.60. The highest BCUT2D eigenvalue weighted by Gasteiger charge is 2.17. The topological polar surface area (TPSA) is 39.5 Å². The zero-order valence-corrected chi connectivity index (χ0v) is 14.1. The summed E-state index contributed by atoms with van der Waals surface area (Å²) in [5.74, 6) is 0. The molecule has 0 N–H and O–H groups in total. The monoisotopic (exact) mass is 295 g/mol. The molecule has 1 fully saturated rings. The van der Waals surface area contributed by atoms with Gasteiger partial charge in [-0.3, -0.25) is 4.68 Å². The third-order valence-electron chi connectivity index (χ3n) is 4.03. The summed E-state index contributed by atoms with van der Waals surface area (Å²) >= 11 is 0. The molecule has 5 nitrogen and oxygen atoms in total. The quantitative estimate of drug-likeness (QED) is 0.809. The summed E-state index contributed by atoms with van der Waals surface area (Å²) in [6, 6.07) is 0.409. The number of aromatic nitrogens is 2. The first-order chi connectivity index (χ1) is 9.99. The predicted octanol–water partition coefficient (Wildman–Crippen LogP) is 2.67. The average Bonchev–Trinajstić information content (AvgIpc) is 2.74. The lowest BCUT2D eigenvalue weighted by molar-refractivity contribution is -0.182. The predicted molar refractivity (Wildman–Crippen MR) is 83.3 cm³/mol.